The van der Waals surface area contributed by atoms with Crippen LogP contribution in [0.4, 0.5) is 13.2 Å². The molecule has 19 heavy (non-hydrogen) atoms. The van der Waals surface area contributed by atoms with Crippen molar-refractivity contribution in [2.24, 2.45) is 17.1 Å². The highest BCUT2D eigenvalue weighted by molar-refractivity contribution is 5.75. The van der Waals surface area contributed by atoms with Gasteiger partial charge in [-0.25, -0.2) is 0 Å². The minimum absolute atomic E-state index is 0.0472. The summed E-state index contributed by atoms with van der Waals surface area (Å²) in [6, 6.07) is 0. The fourth-order valence-electron chi connectivity index (χ4n) is 1.95. The average molecular weight is 282 g/mol. The summed E-state index contributed by atoms with van der Waals surface area (Å²) in [5.41, 5.74) is 5.58. The first-order chi connectivity index (χ1) is 8.56. The van der Waals surface area contributed by atoms with Crippen LogP contribution in [0.5, 0.6) is 0 Å². The van der Waals surface area contributed by atoms with Crippen molar-refractivity contribution in [2.45, 2.75) is 52.6 Å². The van der Waals surface area contributed by atoms with E-state index in [-0.39, 0.29) is 24.3 Å². The van der Waals surface area contributed by atoms with Crippen molar-refractivity contribution in [2.75, 3.05) is 13.1 Å². The molecule has 0 saturated carbocycles. The second kappa shape index (κ2) is 7.72. The van der Waals surface area contributed by atoms with Crippen molar-refractivity contribution in [1.29, 1.82) is 0 Å². The van der Waals surface area contributed by atoms with Gasteiger partial charge < -0.3 is 11.1 Å². The summed E-state index contributed by atoms with van der Waals surface area (Å²) >= 11 is 0. The Morgan fingerprint density at radius 1 is 1.21 bits per heavy atom. The van der Waals surface area contributed by atoms with Crippen molar-refractivity contribution in [3.63, 3.8) is 0 Å². The third-order valence-electron chi connectivity index (χ3n) is 3.19. The van der Waals surface area contributed by atoms with Crippen LogP contribution in [0.2, 0.25) is 0 Å². The van der Waals surface area contributed by atoms with E-state index >= 15 is 0 Å². The first-order valence-corrected chi connectivity index (χ1v) is 6.60. The molecule has 6 heteroatoms. The van der Waals surface area contributed by atoms with Gasteiger partial charge in [0.25, 0.3) is 0 Å². The van der Waals surface area contributed by atoms with Gasteiger partial charge in [-0.2, -0.15) is 13.2 Å². The van der Waals surface area contributed by atoms with Crippen LogP contribution in [0.3, 0.4) is 0 Å². The number of amides is 1. The smallest absolute Gasteiger partial charge is 0.356 e. The molecule has 1 unspecified atom stereocenters. The maximum absolute atomic E-state index is 11.9. The van der Waals surface area contributed by atoms with Gasteiger partial charge >= 0.3 is 6.18 Å². The van der Waals surface area contributed by atoms with E-state index in [0.29, 0.717) is 18.9 Å². The fourth-order valence-corrected chi connectivity index (χ4v) is 1.95. The van der Waals surface area contributed by atoms with Crippen LogP contribution in [-0.4, -0.2) is 25.2 Å². The molecule has 114 valence electrons. The summed E-state index contributed by atoms with van der Waals surface area (Å²) in [4.78, 5) is 11.5. The van der Waals surface area contributed by atoms with Gasteiger partial charge in [0.15, 0.2) is 0 Å². The van der Waals surface area contributed by atoms with E-state index in [4.69, 9.17) is 5.73 Å². The molecule has 0 aliphatic rings. The van der Waals surface area contributed by atoms with E-state index in [1.807, 2.05) is 0 Å². The van der Waals surface area contributed by atoms with Crippen molar-refractivity contribution < 1.29 is 18.0 Å². The van der Waals surface area contributed by atoms with Crippen molar-refractivity contribution >= 4 is 5.91 Å². The SMILES string of the molecule is CC(C)(C)C(CCN)CCC(=O)NCCC(F)(F)F. The fraction of sp³-hybridized carbons (Fsp3) is 0.923. The van der Waals surface area contributed by atoms with Crippen LogP contribution in [-0.2, 0) is 4.79 Å². The Morgan fingerprint density at radius 3 is 2.21 bits per heavy atom. The highest BCUT2D eigenvalue weighted by atomic mass is 19.4. The normalized spacial score (nSPS) is 14.3. The van der Waals surface area contributed by atoms with E-state index < -0.39 is 12.6 Å². The molecule has 1 atom stereocenters. The first kappa shape index (κ1) is 18.2. The third-order valence-corrected chi connectivity index (χ3v) is 3.19. The van der Waals surface area contributed by atoms with Gasteiger partial charge in [0, 0.05) is 13.0 Å². The molecular weight excluding hydrogens is 257 g/mol. The topological polar surface area (TPSA) is 55.1 Å². The summed E-state index contributed by atoms with van der Waals surface area (Å²) in [5, 5.41) is 2.30. The van der Waals surface area contributed by atoms with Gasteiger partial charge in [-0.3, -0.25) is 4.79 Å². The van der Waals surface area contributed by atoms with E-state index in [0.717, 1.165) is 6.42 Å². The molecule has 0 aliphatic carbocycles. The molecule has 3 N–H and O–H groups in total. The van der Waals surface area contributed by atoms with Crippen LogP contribution in [0, 0.1) is 11.3 Å². The Labute approximate surface area is 113 Å². The molecule has 0 spiro atoms. The molecule has 3 nitrogen and oxygen atoms in total. The number of halogens is 3. The lowest BCUT2D eigenvalue weighted by atomic mass is 9.76. The summed E-state index contributed by atoms with van der Waals surface area (Å²) in [5.74, 6) is -0.0265. The molecule has 0 heterocycles. The van der Waals surface area contributed by atoms with Crippen molar-refractivity contribution in [3.8, 4) is 0 Å². The van der Waals surface area contributed by atoms with Gasteiger partial charge in [0.1, 0.15) is 0 Å². The Morgan fingerprint density at radius 2 is 1.79 bits per heavy atom. The molecule has 0 fully saturated rings. The monoisotopic (exact) mass is 282 g/mol. The molecule has 0 rings (SSSR count). The number of rotatable bonds is 7. The van der Waals surface area contributed by atoms with Crippen molar-refractivity contribution in [3.05, 3.63) is 0 Å². The number of alkyl halides is 3. The lowest BCUT2D eigenvalue weighted by Crippen LogP contribution is -2.30. The summed E-state index contributed by atoms with van der Waals surface area (Å²) in [6.45, 7) is 6.44. The maximum atomic E-state index is 11.9. The predicted molar refractivity (Wildman–Crippen MR) is 69.5 cm³/mol. The minimum Gasteiger partial charge on any atom is -0.356 e. The van der Waals surface area contributed by atoms with Gasteiger partial charge in [-0.15, -0.1) is 0 Å². The second-order valence-electron chi connectivity index (χ2n) is 5.89. The van der Waals surface area contributed by atoms with Gasteiger partial charge in [-0.05, 0) is 30.7 Å². The largest absolute Gasteiger partial charge is 0.390 e. The average Bonchev–Trinajstić information content (AvgIpc) is 2.20. The molecule has 0 aromatic rings. The van der Waals surface area contributed by atoms with Crippen molar-refractivity contribution in [1.82, 2.24) is 5.32 Å². The number of nitrogens with one attached hydrogen (secondary N) is 1. The second-order valence-corrected chi connectivity index (χ2v) is 5.89. The maximum Gasteiger partial charge on any atom is 0.390 e. The van der Waals surface area contributed by atoms with Gasteiger partial charge in [-0.1, -0.05) is 20.8 Å². The molecule has 0 aromatic heterocycles. The van der Waals surface area contributed by atoms with E-state index in [9.17, 15) is 18.0 Å². The number of hydrogen-bond donors (Lipinski definition) is 2. The quantitative estimate of drug-likeness (QED) is 0.754. The van der Waals surface area contributed by atoms with Crippen LogP contribution in [0.15, 0.2) is 0 Å². The zero-order chi connectivity index (χ0) is 15.1. The van der Waals surface area contributed by atoms with E-state index in [1.165, 1.54) is 0 Å². The Hall–Kier alpha value is -0.780. The Bertz CT molecular complexity index is 272. The van der Waals surface area contributed by atoms with Gasteiger partial charge in [0.05, 0.1) is 6.42 Å². The highest BCUT2D eigenvalue weighted by Gasteiger charge is 2.27. The van der Waals surface area contributed by atoms with E-state index in [2.05, 4.69) is 26.1 Å². The minimum atomic E-state index is -4.22. The van der Waals surface area contributed by atoms with Crippen LogP contribution < -0.4 is 11.1 Å². The molecule has 0 saturated heterocycles. The molecule has 0 aromatic carbocycles. The van der Waals surface area contributed by atoms with Crippen LogP contribution in [0.25, 0.3) is 0 Å². The lowest BCUT2D eigenvalue weighted by molar-refractivity contribution is -0.135. The van der Waals surface area contributed by atoms with Crippen LogP contribution >= 0.6 is 0 Å². The molecule has 0 bridgehead atoms. The Kier molecular flexibility index (Phi) is 7.41. The number of carbonyl (C=O) groups is 1. The highest BCUT2D eigenvalue weighted by Crippen LogP contribution is 2.32. The summed E-state index contributed by atoms with van der Waals surface area (Å²) < 4.78 is 35.7. The standard InChI is InChI=1S/C13H25F3N2O/c1-12(2,3)10(6-8-17)4-5-11(19)18-9-7-13(14,15)16/h10H,4-9,17H2,1-3H3,(H,18,19). The number of hydrogen-bond acceptors (Lipinski definition) is 2. The summed E-state index contributed by atoms with van der Waals surface area (Å²) in [7, 11) is 0. The van der Waals surface area contributed by atoms with E-state index in [1.54, 1.807) is 0 Å². The summed E-state index contributed by atoms with van der Waals surface area (Å²) in [6.07, 6.45) is -3.48. The molecule has 0 aliphatic heterocycles. The Balaban J connectivity index is 3.99. The lowest BCUT2D eigenvalue weighted by Gasteiger charge is -2.30. The first-order valence-electron chi connectivity index (χ1n) is 6.60. The zero-order valence-corrected chi connectivity index (χ0v) is 11.9. The molecule has 1 amide bonds. The number of nitrogens with two attached hydrogens (primary N) is 1. The predicted octanol–water partition coefficient (Wildman–Crippen LogP) is 2.85. The number of carbonyl (C=O) groups excluding carboxylic acids is 1. The van der Waals surface area contributed by atoms with Crippen LogP contribution in [0.1, 0.15) is 46.5 Å². The van der Waals surface area contributed by atoms with Gasteiger partial charge in [0.2, 0.25) is 5.91 Å². The molecule has 0 radical (unpaired) electrons. The zero-order valence-electron chi connectivity index (χ0n) is 11.9. The molecular formula is C13H25F3N2O. The third kappa shape index (κ3) is 9.76.